The topological polar surface area (TPSA) is 52.0 Å². The summed E-state index contributed by atoms with van der Waals surface area (Å²) in [6.07, 6.45) is 11.1. The van der Waals surface area contributed by atoms with Crippen LogP contribution in [-0.2, 0) is 38.5 Å². The van der Waals surface area contributed by atoms with Crippen LogP contribution < -0.4 is 11.5 Å². The van der Waals surface area contributed by atoms with Gasteiger partial charge >= 0.3 is 0 Å². The van der Waals surface area contributed by atoms with Gasteiger partial charge in [-0.15, -0.1) is 0 Å². The van der Waals surface area contributed by atoms with Crippen LogP contribution in [0.15, 0.2) is 84.9 Å². The average Bonchev–Trinajstić information content (AvgIpc) is 2.92. The Labute approximate surface area is 230 Å². The summed E-state index contributed by atoms with van der Waals surface area (Å²) in [4.78, 5) is 0. The summed E-state index contributed by atoms with van der Waals surface area (Å²) in [5.41, 5.74) is 24.9. The Kier molecular flexibility index (Phi) is 10.0. The lowest BCUT2D eigenvalue weighted by molar-refractivity contribution is 0.734. The average molecular weight is 505 g/mol. The standard InChI is InChI=1S/C36H44N2/c1-3-7-31-25-35(37)21-19-33(31)23-29-15-11-27(12-16-29)9-5-6-10-28-13-17-30(18-14-28)24-34-20-22-36(38)26-32(34)8-4-2/h11-22,25-26H,3-10,23-24,37-38H2,1-2H3. The first kappa shape index (κ1) is 27.5. The van der Waals surface area contributed by atoms with E-state index in [1.807, 2.05) is 12.1 Å². The Hall–Kier alpha value is -3.52. The van der Waals surface area contributed by atoms with Crippen LogP contribution in [0.3, 0.4) is 0 Å². The molecule has 4 aromatic carbocycles. The molecule has 0 amide bonds. The fraction of sp³-hybridized carbons (Fsp3) is 0.333. The predicted octanol–water partition coefficient (Wildman–Crippen LogP) is 8.50. The van der Waals surface area contributed by atoms with Gasteiger partial charge in [0, 0.05) is 11.4 Å². The van der Waals surface area contributed by atoms with Gasteiger partial charge in [-0.1, -0.05) is 87.4 Å². The van der Waals surface area contributed by atoms with Crippen LogP contribution in [0.1, 0.15) is 84.0 Å². The summed E-state index contributed by atoms with van der Waals surface area (Å²) in [5, 5.41) is 0. The largest absolute Gasteiger partial charge is 0.399 e. The minimum absolute atomic E-state index is 0.864. The molecule has 0 fully saturated rings. The van der Waals surface area contributed by atoms with E-state index in [4.69, 9.17) is 11.5 Å². The van der Waals surface area contributed by atoms with Crippen LogP contribution in [-0.4, -0.2) is 0 Å². The molecule has 0 unspecified atom stereocenters. The van der Waals surface area contributed by atoms with E-state index in [9.17, 15) is 0 Å². The first-order valence-electron chi connectivity index (χ1n) is 14.4. The quantitative estimate of drug-likeness (QED) is 0.142. The van der Waals surface area contributed by atoms with Crippen molar-refractivity contribution in [1.82, 2.24) is 0 Å². The van der Waals surface area contributed by atoms with E-state index in [-0.39, 0.29) is 0 Å². The van der Waals surface area contributed by atoms with Crippen LogP contribution in [0.5, 0.6) is 0 Å². The van der Waals surface area contributed by atoms with Crippen LogP contribution in [0.4, 0.5) is 11.4 Å². The molecule has 0 atom stereocenters. The number of hydrogen-bond donors (Lipinski definition) is 2. The van der Waals surface area contributed by atoms with Gasteiger partial charge in [0.15, 0.2) is 0 Å². The first-order valence-corrected chi connectivity index (χ1v) is 14.4. The number of nitrogens with two attached hydrogens (primary N) is 2. The highest BCUT2D eigenvalue weighted by atomic mass is 14.5. The minimum atomic E-state index is 0.864. The lowest BCUT2D eigenvalue weighted by Gasteiger charge is -2.11. The summed E-state index contributed by atoms with van der Waals surface area (Å²) >= 11 is 0. The first-order chi connectivity index (χ1) is 18.5. The van der Waals surface area contributed by atoms with Crippen molar-refractivity contribution in [2.75, 3.05) is 11.5 Å². The molecule has 0 saturated heterocycles. The van der Waals surface area contributed by atoms with E-state index in [0.29, 0.717) is 0 Å². The van der Waals surface area contributed by atoms with Crippen molar-refractivity contribution in [1.29, 1.82) is 0 Å². The number of rotatable bonds is 13. The van der Waals surface area contributed by atoms with Gasteiger partial charge in [0.05, 0.1) is 0 Å². The monoisotopic (exact) mass is 504 g/mol. The number of hydrogen-bond acceptors (Lipinski definition) is 2. The normalized spacial score (nSPS) is 11.1. The number of unbranched alkanes of at least 4 members (excludes halogenated alkanes) is 1. The van der Waals surface area contributed by atoms with E-state index < -0.39 is 0 Å². The lowest BCUT2D eigenvalue weighted by atomic mass is 9.95. The second kappa shape index (κ2) is 13.9. The molecule has 4 aromatic rings. The van der Waals surface area contributed by atoms with Crippen molar-refractivity contribution in [3.05, 3.63) is 129 Å². The van der Waals surface area contributed by atoms with E-state index in [2.05, 4.69) is 86.6 Å². The molecule has 0 aliphatic rings. The molecule has 0 spiro atoms. The maximum atomic E-state index is 6.02. The van der Waals surface area contributed by atoms with Gasteiger partial charge in [0.25, 0.3) is 0 Å². The Morgan fingerprint density at radius 1 is 0.421 bits per heavy atom. The molecule has 0 radical (unpaired) electrons. The number of nitrogen functional groups attached to an aromatic ring is 2. The SMILES string of the molecule is CCCc1cc(N)ccc1Cc1ccc(CCCCc2ccc(Cc3ccc(N)cc3CCC)cc2)cc1. The van der Waals surface area contributed by atoms with E-state index in [1.165, 1.54) is 57.3 Å². The van der Waals surface area contributed by atoms with Crippen molar-refractivity contribution in [2.24, 2.45) is 0 Å². The van der Waals surface area contributed by atoms with Crippen molar-refractivity contribution in [2.45, 2.75) is 78.1 Å². The Balaban J connectivity index is 1.23. The summed E-state index contributed by atoms with van der Waals surface area (Å²) in [7, 11) is 0. The third-order valence-electron chi connectivity index (χ3n) is 7.52. The number of benzene rings is 4. The van der Waals surface area contributed by atoms with Crippen molar-refractivity contribution in [3.63, 3.8) is 0 Å². The molecular weight excluding hydrogens is 460 g/mol. The molecule has 38 heavy (non-hydrogen) atoms. The second-order valence-corrected chi connectivity index (χ2v) is 10.7. The van der Waals surface area contributed by atoms with Gasteiger partial charge < -0.3 is 11.5 Å². The highest BCUT2D eigenvalue weighted by molar-refractivity contribution is 5.47. The molecule has 0 aliphatic carbocycles. The van der Waals surface area contributed by atoms with Gasteiger partial charge in [-0.05, 0) is 120 Å². The van der Waals surface area contributed by atoms with E-state index in [0.717, 1.165) is 62.7 Å². The third kappa shape index (κ3) is 7.99. The van der Waals surface area contributed by atoms with Crippen molar-refractivity contribution >= 4 is 11.4 Å². The highest BCUT2D eigenvalue weighted by Crippen LogP contribution is 2.22. The Bertz CT molecular complexity index is 1180. The molecule has 0 heterocycles. The number of anilines is 2. The molecule has 198 valence electrons. The summed E-state index contributed by atoms with van der Waals surface area (Å²) < 4.78 is 0. The van der Waals surface area contributed by atoms with Gasteiger partial charge in [-0.3, -0.25) is 0 Å². The number of aryl methyl sites for hydroxylation is 4. The third-order valence-corrected chi connectivity index (χ3v) is 7.52. The van der Waals surface area contributed by atoms with Crippen LogP contribution in [0.2, 0.25) is 0 Å². The van der Waals surface area contributed by atoms with Crippen LogP contribution in [0.25, 0.3) is 0 Å². The van der Waals surface area contributed by atoms with Crippen LogP contribution >= 0.6 is 0 Å². The zero-order chi connectivity index (χ0) is 26.7. The molecule has 4 N–H and O–H groups in total. The Morgan fingerprint density at radius 2 is 0.789 bits per heavy atom. The fourth-order valence-corrected chi connectivity index (χ4v) is 5.39. The molecule has 2 nitrogen and oxygen atoms in total. The Morgan fingerprint density at radius 3 is 1.16 bits per heavy atom. The molecular formula is C36H44N2. The summed E-state index contributed by atoms with van der Waals surface area (Å²) in [6.45, 7) is 4.45. The summed E-state index contributed by atoms with van der Waals surface area (Å²) in [6, 6.07) is 31.2. The molecule has 4 rings (SSSR count). The maximum Gasteiger partial charge on any atom is 0.0316 e. The second-order valence-electron chi connectivity index (χ2n) is 10.7. The smallest absolute Gasteiger partial charge is 0.0316 e. The zero-order valence-electron chi connectivity index (χ0n) is 23.3. The zero-order valence-corrected chi connectivity index (χ0v) is 23.3. The minimum Gasteiger partial charge on any atom is -0.399 e. The van der Waals surface area contributed by atoms with E-state index in [1.54, 1.807) is 0 Å². The highest BCUT2D eigenvalue weighted by Gasteiger charge is 2.06. The van der Waals surface area contributed by atoms with E-state index >= 15 is 0 Å². The predicted molar refractivity (Wildman–Crippen MR) is 165 cm³/mol. The molecule has 0 saturated carbocycles. The maximum absolute atomic E-state index is 6.02. The molecule has 0 bridgehead atoms. The fourth-order valence-electron chi connectivity index (χ4n) is 5.39. The van der Waals surface area contributed by atoms with Crippen LogP contribution in [0, 0.1) is 0 Å². The van der Waals surface area contributed by atoms with Crippen molar-refractivity contribution < 1.29 is 0 Å². The van der Waals surface area contributed by atoms with Gasteiger partial charge in [-0.25, -0.2) is 0 Å². The van der Waals surface area contributed by atoms with Gasteiger partial charge in [0.1, 0.15) is 0 Å². The van der Waals surface area contributed by atoms with Crippen molar-refractivity contribution in [3.8, 4) is 0 Å². The van der Waals surface area contributed by atoms with Gasteiger partial charge in [-0.2, -0.15) is 0 Å². The lowest BCUT2D eigenvalue weighted by Crippen LogP contribution is -1.98. The molecule has 0 aliphatic heterocycles. The molecule has 0 aromatic heterocycles. The van der Waals surface area contributed by atoms with Gasteiger partial charge in [0.2, 0.25) is 0 Å². The molecule has 2 heteroatoms. The summed E-state index contributed by atoms with van der Waals surface area (Å²) in [5.74, 6) is 0.